The number of hydrogen-bond donors (Lipinski definition) is 3. The van der Waals surface area contributed by atoms with Crippen LogP contribution in [0.1, 0.15) is 20.7 Å². The highest BCUT2D eigenvalue weighted by Crippen LogP contribution is 2.35. The Hall–Kier alpha value is -2.41. The van der Waals surface area contributed by atoms with Crippen LogP contribution >= 0.6 is 15.9 Å². The van der Waals surface area contributed by atoms with Gasteiger partial charge in [-0.1, -0.05) is 6.07 Å². The quantitative estimate of drug-likeness (QED) is 0.662. The molecule has 106 valence electrons. The number of aromatic nitrogens is 1. The summed E-state index contributed by atoms with van der Waals surface area (Å²) in [4.78, 5) is 25.4. The number of amides is 1. The van der Waals surface area contributed by atoms with Gasteiger partial charge in [0.25, 0.3) is 5.91 Å². The lowest BCUT2D eigenvalue weighted by molar-refractivity contribution is 0.0696. The first kappa shape index (κ1) is 13.6. The predicted molar refractivity (Wildman–Crippen MR) is 78.9 cm³/mol. The van der Waals surface area contributed by atoms with E-state index in [0.717, 1.165) is 6.07 Å². The van der Waals surface area contributed by atoms with E-state index in [9.17, 15) is 14.0 Å². The Morgan fingerprint density at radius 3 is 2.62 bits per heavy atom. The van der Waals surface area contributed by atoms with Crippen molar-refractivity contribution in [3.05, 3.63) is 45.7 Å². The van der Waals surface area contributed by atoms with Crippen molar-refractivity contribution in [2.75, 3.05) is 0 Å². The first-order valence-corrected chi connectivity index (χ1v) is 6.66. The summed E-state index contributed by atoms with van der Waals surface area (Å²) in [5, 5.41) is 10.1. The summed E-state index contributed by atoms with van der Waals surface area (Å²) >= 11 is 3.15. The number of nitrogens with one attached hydrogen (secondary N) is 1. The number of fused-ring (bicyclic) bond motifs is 3. The van der Waals surface area contributed by atoms with Gasteiger partial charge in [0, 0.05) is 16.3 Å². The highest BCUT2D eigenvalue weighted by Gasteiger charge is 2.19. The highest BCUT2D eigenvalue weighted by atomic mass is 79.9. The molecule has 0 saturated carbocycles. The standard InChI is InChI=1S/C14H8BrFN2O3/c15-11-8(16)4-7(13(17)19)12-10(11)6-2-1-5(14(20)21)3-9(6)18-12/h1-4,18H,(H2,17,19)(H,20,21). The molecule has 0 fully saturated rings. The number of primary amides is 1. The maximum atomic E-state index is 13.9. The second kappa shape index (κ2) is 4.56. The zero-order valence-electron chi connectivity index (χ0n) is 10.4. The number of H-pyrrole nitrogens is 1. The molecule has 0 aliphatic rings. The molecule has 7 heteroatoms. The molecule has 0 unspecified atom stereocenters. The molecule has 21 heavy (non-hydrogen) atoms. The van der Waals surface area contributed by atoms with E-state index in [1.54, 1.807) is 6.07 Å². The molecule has 0 bridgehead atoms. The number of carboxylic acid groups (broad SMARTS) is 1. The van der Waals surface area contributed by atoms with E-state index in [0.29, 0.717) is 21.8 Å². The zero-order valence-corrected chi connectivity index (χ0v) is 12.0. The number of carbonyl (C=O) groups excluding carboxylic acids is 1. The number of aromatic amines is 1. The molecule has 0 spiro atoms. The Labute approximate surface area is 125 Å². The second-order valence-electron chi connectivity index (χ2n) is 4.52. The fourth-order valence-corrected chi connectivity index (χ4v) is 2.86. The molecule has 1 amide bonds. The van der Waals surface area contributed by atoms with E-state index >= 15 is 0 Å². The van der Waals surface area contributed by atoms with Crippen LogP contribution in [0.4, 0.5) is 4.39 Å². The van der Waals surface area contributed by atoms with Gasteiger partial charge < -0.3 is 15.8 Å². The Balaban J connectivity index is 2.50. The molecule has 4 N–H and O–H groups in total. The molecule has 5 nitrogen and oxygen atoms in total. The van der Waals surface area contributed by atoms with Crippen LogP contribution in [-0.4, -0.2) is 22.0 Å². The van der Waals surface area contributed by atoms with Crippen LogP contribution in [0.3, 0.4) is 0 Å². The SMILES string of the molecule is NC(=O)c1cc(F)c(Br)c2c1[nH]c1cc(C(=O)O)ccc12. The molecule has 1 heterocycles. The van der Waals surface area contributed by atoms with Crippen LogP contribution in [0, 0.1) is 5.82 Å². The van der Waals surface area contributed by atoms with E-state index in [-0.39, 0.29) is 15.6 Å². The van der Waals surface area contributed by atoms with Gasteiger partial charge >= 0.3 is 5.97 Å². The third-order valence-electron chi connectivity index (χ3n) is 3.28. The molecule has 2 aromatic carbocycles. The van der Waals surface area contributed by atoms with E-state index in [1.165, 1.54) is 12.1 Å². The third kappa shape index (κ3) is 1.97. The van der Waals surface area contributed by atoms with Gasteiger partial charge in [-0.05, 0) is 34.1 Å². The maximum absolute atomic E-state index is 13.9. The van der Waals surface area contributed by atoms with Crippen LogP contribution in [-0.2, 0) is 0 Å². The van der Waals surface area contributed by atoms with E-state index < -0.39 is 17.7 Å². The smallest absolute Gasteiger partial charge is 0.335 e. The average Bonchev–Trinajstić information content (AvgIpc) is 2.80. The number of nitrogens with two attached hydrogens (primary N) is 1. The molecule has 3 rings (SSSR count). The Morgan fingerprint density at radius 2 is 2.00 bits per heavy atom. The Bertz CT molecular complexity index is 933. The monoisotopic (exact) mass is 350 g/mol. The number of carbonyl (C=O) groups is 2. The lowest BCUT2D eigenvalue weighted by atomic mass is 10.1. The summed E-state index contributed by atoms with van der Waals surface area (Å²) in [5.41, 5.74) is 6.22. The van der Waals surface area contributed by atoms with Crippen molar-refractivity contribution >= 4 is 49.6 Å². The summed E-state index contributed by atoms with van der Waals surface area (Å²) in [6.07, 6.45) is 0. The number of hydrogen-bond acceptors (Lipinski definition) is 2. The van der Waals surface area contributed by atoms with Gasteiger partial charge in [0.15, 0.2) is 0 Å². The fraction of sp³-hybridized carbons (Fsp3) is 0. The number of halogens is 2. The number of carboxylic acids is 1. The Kier molecular flexibility index (Phi) is 2.94. The third-order valence-corrected chi connectivity index (χ3v) is 4.06. The molecule has 0 atom stereocenters. The summed E-state index contributed by atoms with van der Waals surface area (Å²) in [7, 11) is 0. The van der Waals surface area contributed by atoms with Crippen LogP contribution in [0.5, 0.6) is 0 Å². The lowest BCUT2D eigenvalue weighted by Gasteiger charge is -2.02. The topological polar surface area (TPSA) is 96.2 Å². The van der Waals surface area contributed by atoms with Gasteiger partial charge in [-0.25, -0.2) is 9.18 Å². The van der Waals surface area contributed by atoms with Gasteiger partial charge in [-0.15, -0.1) is 0 Å². The van der Waals surface area contributed by atoms with E-state index in [2.05, 4.69) is 20.9 Å². The van der Waals surface area contributed by atoms with Gasteiger partial charge in [-0.2, -0.15) is 0 Å². The van der Waals surface area contributed by atoms with Crippen molar-refractivity contribution in [1.29, 1.82) is 0 Å². The number of aromatic carboxylic acids is 1. The average molecular weight is 351 g/mol. The summed E-state index contributed by atoms with van der Waals surface area (Å²) < 4.78 is 14.1. The molecule has 0 aliphatic heterocycles. The minimum atomic E-state index is -1.07. The van der Waals surface area contributed by atoms with Gasteiger partial charge in [-0.3, -0.25) is 4.79 Å². The summed E-state index contributed by atoms with van der Waals surface area (Å²) in [5.74, 6) is -2.45. The van der Waals surface area contributed by atoms with Crippen molar-refractivity contribution in [3.8, 4) is 0 Å². The largest absolute Gasteiger partial charge is 0.478 e. The predicted octanol–water partition coefficient (Wildman–Crippen LogP) is 3.02. The first-order chi connectivity index (χ1) is 9.90. The Morgan fingerprint density at radius 1 is 1.29 bits per heavy atom. The minimum Gasteiger partial charge on any atom is -0.478 e. The molecule has 3 aromatic rings. The molecular formula is C14H8BrFN2O3. The van der Waals surface area contributed by atoms with Crippen LogP contribution in [0.15, 0.2) is 28.7 Å². The van der Waals surface area contributed by atoms with Crippen LogP contribution in [0.25, 0.3) is 21.8 Å². The minimum absolute atomic E-state index is 0.0128. The maximum Gasteiger partial charge on any atom is 0.335 e. The molecule has 1 aromatic heterocycles. The summed E-state index contributed by atoms with van der Waals surface area (Å²) in [6.45, 7) is 0. The van der Waals surface area contributed by atoms with Gasteiger partial charge in [0.2, 0.25) is 0 Å². The second-order valence-corrected chi connectivity index (χ2v) is 5.32. The van der Waals surface area contributed by atoms with Gasteiger partial charge in [0.1, 0.15) is 5.82 Å². The fourth-order valence-electron chi connectivity index (χ4n) is 2.34. The first-order valence-electron chi connectivity index (χ1n) is 5.86. The zero-order chi connectivity index (χ0) is 15.3. The van der Waals surface area contributed by atoms with Crippen LogP contribution in [0.2, 0.25) is 0 Å². The molecule has 0 saturated heterocycles. The number of rotatable bonds is 2. The van der Waals surface area contributed by atoms with Crippen LogP contribution < -0.4 is 5.73 Å². The van der Waals surface area contributed by atoms with Crippen molar-refractivity contribution in [2.45, 2.75) is 0 Å². The normalized spacial score (nSPS) is 11.1. The van der Waals surface area contributed by atoms with E-state index in [4.69, 9.17) is 10.8 Å². The van der Waals surface area contributed by atoms with Crippen molar-refractivity contribution < 1.29 is 19.1 Å². The molecule has 0 aliphatic carbocycles. The van der Waals surface area contributed by atoms with Crippen molar-refractivity contribution in [3.63, 3.8) is 0 Å². The van der Waals surface area contributed by atoms with E-state index in [1.807, 2.05) is 0 Å². The summed E-state index contributed by atoms with van der Waals surface area (Å²) in [6, 6.07) is 5.45. The molecule has 0 radical (unpaired) electrons. The lowest BCUT2D eigenvalue weighted by Crippen LogP contribution is -2.12. The molecular weight excluding hydrogens is 343 g/mol. The van der Waals surface area contributed by atoms with Crippen molar-refractivity contribution in [1.82, 2.24) is 4.98 Å². The highest BCUT2D eigenvalue weighted by molar-refractivity contribution is 9.10. The van der Waals surface area contributed by atoms with Crippen molar-refractivity contribution in [2.24, 2.45) is 5.73 Å². The number of benzene rings is 2. The van der Waals surface area contributed by atoms with Gasteiger partial charge in [0.05, 0.1) is 21.1 Å².